The molecule has 0 saturated carbocycles. The molecule has 1 aliphatic carbocycles. The summed E-state index contributed by atoms with van der Waals surface area (Å²) < 4.78 is 0. The first-order chi connectivity index (χ1) is 4.18. The third-order valence-electron chi connectivity index (χ3n) is 0.922. The molecule has 57 valence electrons. The van der Waals surface area contributed by atoms with Gasteiger partial charge in [0.1, 0.15) is 0 Å². The molecule has 0 atom stereocenters. The fraction of sp³-hybridized carbons (Fsp3) is 0. The summed E-state index contributed by atoms with van der Waals surface area (Å²) in [6.45, 7) is 3.67. The van der Waals surface area contributed by atoms with Gasteiger partial charge in [-0.3, -0.25) is 0 Å². The number of hydrogen-bond donors (Lipinski definition) is 0. The van der Waals surface area contributed by atoms with Crippen LogP contribution >= 0.6 is 23.2 Å². The molecule has 1 radical (unpaired) electrons. The Morgan fingerprint density at radius 1 is 1.09 bits per heavy atom. The van der Waals surface area contributed by atoms with Gasteiger partial charge in [-0.05, 0) is 17.7 Å². The second-order valence-corrected chi connectivity index (χ2v) is 2.65. The van der Waals surface area contributed by atoms with Crippen molar-refractivity contribution < 1.29 is 31.9 Å². The zero-order valence-corrected chi connectivity index (χ0v) is 11.0. The maximum Gasteiger partial charge on any atom is 0.0432 e. The molecule has 1 rings (SSSR count). The van der Waals surface area contributed by atoms with E-state index < -0.39 is 0 Å². The predicted molar refractivity (Wildman–Crippen MR) is 41.3 cm³/mol. The van der Waals surface area contributed by atoms with E-state index in [1.807, 2.05) is 0 Å². The van der Waals surface area contributed by atoms with E-state index in [9.17, 15) is 0 Å². The molecular weight excluding hydrogens is 256 g/mol. The van der Waals surface area contributed by atoms with Crippen LogP contribution in [0.25, 0.3) is 0 Å². The molecule has 0 saturated heterocycles. The van der Waals surface area contributed by atoms with Crippen LogP contribution in [-0.4, -0.2) is 0 Å². The average Bonchev–Trinajstić information content (AvgIpc) is 1.59. The van der Waals surface area contributed by atoms with E-state index in [4.69, 9.17) is 23.2 Å². The molecule has 0 heterocycles. The first-order valence-electron chi connectivity index (χ1n) is 2.46. The summed E-state index contributed by atoms with van der Waals surface area (Å²) >= 11 is 11.3. The molecule has 11 heavy (non-hydrogen) atoms. The number of rotatable bonds is 0. The van der Waals surface area contributed by atoms with Crippen molar-refractivity contribution in [2.45, 2.75) is 0 Å². The summed E-state index contributed by atoms with van der Waals surface area (Å²) in [5, 5.41) is 1.26. The number of allylic oxidation sites excluding steroid dienone is 5. The third kappa shape index (κ3) is 5.03. The number of halogens is 3. The van der Waals surface area contributed by atoms with Gasteiger partial charge in [-0.1, -0.05) is 29.8 Å². The van der Waals surface area contributed by atoms with E-state index in [0.29, 0.717) is 10.1 Å². The SMILES string of the molecule is C=C1C=C(Cl)[CH]C(Cl)=C1.[Cl-].[Zn]. The van der Waals surface area contributed by atoms with Crippen molar-refractivity contribution in [3.63, 3.8) is 0 Å². The van der Waals surface area contributed by atoms with Gasteiger partial charge in [-0.15, -0.1) is 0 Å². The van der Waals surface area contributed by atoms with Crippen LogP contribution in [0.1, 0.15) is 0 Å². The van der Waals surface area contributed by atoms with Gasteiger partial charge in [0.15, 0.2) is 0 Å². The Balaban J connectivity index is 0. The summed E-state index contributed by atoms with van der Waals surface area (Å²) in [6.07, 6.45) is 5.19. The van der Waals surface area contributed by atoms with E-state index in [1.54, 1.807) is 18.6 Å². The van der Waals surface area contributed by atoms with Crippen molar-refractivity contribution in [2.75, 3.05) is 0 Å². The summed E-state index contributed by atoms with van der Waals surface area (Å²) in [4.78, 5) is 0. The molecule has 4 heteroatoms. The predicted octanol–water partition coefficient (Wildman–Crippen LogP) is 0.00739. The van der Waals surface area contributed by atoms with Gasteiger partial charge in [0, 0.05) is 36.0 Å². The van der Waals surface area contributed by atoms with Gasteiger partial charge in [0.25, 0.3) is 0 Å². The Kier molecular flexibility index (Phi) is 8.10. The molecule has 0 amide bonds. The summed E-state index contributed by atoms with van der Waals surface area (Å²) in [7, 11) is 0. The van der Waals surface area contributed by atoms with Crippen LogP contribution in [0.4, 0.5) is 0 Å². The van der Waals surface area contributed by atoms with Crippen LogP contribution in [0.3, 0.4) is 0 Å². The zero-order valence-electron chi connectivity index (χ0n) is 5.78. The molecule has 0 unspecified atom stereocenters. The fourth-order valence-electron chi connectivity index (χ4n) is 0.611. The normalized spacial score (nSPS) is 15.6. The molecule has 0 aromatic rings. The standard InChI is InChI=1S/C7H5Cl2.ClH.Zn/c1-5-2-6(8)4-7(9)3-5;;/h2-4H,1H2;1H;/p-1. The molecular formula is C7H5Cl3Zn-. The van der Waals surface area contributed by atoms with Crippen LogP contribution in [0.2, 0.25) is 0 Å². The van der Waals surface area contributed by atoms with Crippen LogP contribution in [-0.2, 0) is 19.5 Å². The van der Waals surface area contributed by atoms with Crippen molar-refractivity contribution in [1.82, 2.24) is 0 Å². The van der Waals surface area contributed by atoms with Gasteiger partial charge in [-0.25, -0.2) is 0 Å². The molecule has 1 aliphatic rings. The minimum Gasteiger partial charge on any atom is -1.00 e. The Bertz CT molecular complexity index is 186. The molecule has 0 fully saturated rings. The molecule has 0 aliphatic heterocycles. The fourth-order valence-corrected chi connectivity index (χ4v) is 1.18. The van der Waals surface area contributed by atoms with Crippen molar-refractivity contribution >= 4 is 23.2 Å². The topological polar surface area (TPSA) is 0 Å². The van der Waals surface area contributed by atoms with E-state index in [-0.39, 0.29) is 31.9 Å². The molecule has 0 bridgehead atoms. The first kappa shape index (κ1) is 14.2. The molecule has 0 aromatic carbocycles. The van der Waals surface area contributed by atoms with Crippen molar-refractivity contribution in [2.24, 2.45) is 0 Å². The molecule has 0 spiro atoms. The van der Waals surface area contributed by atoms with Crippen molar-refractivity contribution in [1.29, 1.82) is 0 Å². The second-order valence-electron chi connectivity index (χ2n) is 1.78. The van der Waals surface area contributed by atoms with Crippen molar-refractivity contribution in [3.8, 4) is 0 Å². The van der Waals surface area contributed by atoms with Gasteiger partial charge in [0.2, 0.25) is 0 Å². The number of hydrogen-bond acceptors (Lipinski definition) is 0. The Morgan fingerprint density at radius 2 is 1.45 bits per heavy atom. The largest absolute Gasteiger partial charge is 1.00 e. The molecule has 0 aromatic heterocycles. The Labute approximate surface area is 95.5 Å². The third-order valence-corrected chi connectivity index (χ3v) is 1.36. The summed E-state index contributed by atoms with van der Waals surface area (Å²) in [5.41, 5.74) is 0.840. The van der Waals surface area contributed by atoms with Crippen LogP contribution in [0.5, 0.6) is 0 Å². The van der Waals surface area contributed by atoms with E-state index >= 15 is 0 Å². The minimum absolute atomic E-state index is 0. The van der Waals surface area contributed by atoms with E-state index in [0.717, 1.165) is 5.57 Å². The first-order valence-corrected chi connectivity index (χ1v) is 3.22. The summed E-state index contributed by atoms with van der Waals surface area (Å²) in [5.74, 6) is 0. The van der Waals surface area contributed by atoms with Crippen LogP contribution in [0, 0.1) is 6.42 Å². The van der Waals surface area contributed by atoms with Crippen LogP contribution in [0.15, 0.2) is 34.4 Å². The van der Waals surface area contributed by atoms with Gasteiger partial charge < -0.3 is 12.4 Å². The maximum atomic E-state index is 5.63. The second kappa shape index (κ2) is 6.25. The van der Waals surface area contributed by atoms with Crippen LogP contribution < -0.4 is 12.4 Å². The summed E-state index contributed by atoms with van der Waals surface area (Å²) in [6, 6.07) is 0. The Hall–Kier alpha value is 0.713. The monoisotopic (exact) mass is 258 g/mol. The average molecular weight is 261 g/mol. The molecule has 0 nitrogen and oxygen atoms in total. The van der Waals surface area contributed by atoms with Gasteiger partial charge in [-0.2, -0.15) is 0 Å². The Morgan fingerprint density at radius 3 is 1.73 bits per heavy atom. The zero-order chi connectivity index (χ0) is 6.85. The van der Waals surface area contributed by atoms with Gasteiger partial charge in [0.05, 0.1) is 0 Å². The van der Waals surface area contributed by atoms with E-state index in [1.165, 1.54) is 0 Å². The maximum absolute atomic E-state index is 5.63. The molecule has 0 N–H and O–H groups in total. The smallest absolute Gasteiger partial charge is 0.0432 e. The van der Waals surface area contributed by atoms with Gasteiger partial charge >= 0.3 is 0 Å². The van der Waals surface area contributed by atoms with E-state index in [2.05, 4.69) is 6.58 Å². The quantitative estimate of drug-likeness (QED) is 0.539. The minimum atomic E-state index is 0. The van der Waals surface area contributed by atoms with Crippen molar-refractivity contribution in [3.05, 3.63) is 40.8 Å².